The van der Waals surface area contributed by atoms with Gasteiger partial charge < -0.3 is 10.6 Å². The van der Waals surface area contributed by atoms with Crippen molar-refractivity contribution in [2.75, 3.05) is 25.0 Å². The van der Waals surface area contributed by atoms with Crippen molar-refractivity contribution in [1.29, 1.82) is 0 Å². The van der Waals surface area contributed by atoms with Crippen LogP contribution >= 0.6 is 11.6 Å². The number of anilines is 1. The lowest BCUT2D eigenvalue weighted by atomic mass is 10.1. The smallest absolute Gasteiger partial charge is 0.287 e. The lowest BCUT2D eigenvalue weighted by Crippen LogP contribution is -2.26. The molecule has 0 radical (unpaired) electrons. The van der Waals surface area contributed by atoms with Gasteiger partial charge in [0.15, 0.2) is 0 Å². The van der Waals surface area contributed by atoms with E-state index in [0.29, 0.717) is 11.6 Å². The van der Waals surface area contributed by atoms with Crippen molar-refractivity contribution in [3.05, 3.63) is 21.6 Å². The second-order valence-electron chi connectivity index (χ2n) is 4.96. The second-order valence-corrected chi connectivity index (χ2v) is 5.33. The summed E-state index contributed by atoms with van der Waals surface area (Å²) in [5.74, 6) is 0.591. The van der Waals surface area contributed by atoms with Crippen LogP contribution < -0.4 is 16.2 Å². The van der Waals surface area contributed by atoms with Crippen LogP contribution in [-0.4, -0.2) is 29.4 Å². The minimum atomic E-state index is -0.235. The predicted octanol–water partition coefficient (Wildman–Crippen LogP) is 1.50. The van der Waals surface area contributed by atoms with E-state index in [1.54, 1.807) is 6.20 Å². The normalized spacial score (nSPS) is 19.4. The first-order chi connectivity index (χ1) is 8.59. The molecule has 2 N–H and O–H groups in total. The highest BCUT2D eigenvalue weighted by atomic mass is 35.5. The van der Waals surface area contributed by atoms with Gasteiger partial charge in [-0.15, -0.1) is 0 Å². The minimum absolute atomic E-state index is 0.0167. The average molecular weight is 271 g/mol. The largest absolute Gasteiger partial charge is 0.382 e. The van der Waals surface area contributed by atoms with Crippen LogP contribution in [0.4, 0.5) is 5.69 Å². The molecule has 1 fully saturated rings. The molecular weight excluding hydrogens is 252 g/mol. The Labute approximate surface area is 112 Å². The fraction of sp³-hybridized carbons (Fsp3) is 0.667. The molecule has 1 aromatic heterocycles. The number of aromatic nitrogens is 2. The highest BCUT2D eigenvalue weighted by molar-refractivity contribution is 6.32. The molecule has 6 heteroatoms. The van der Waals surface area contributed by atoms with Gasteiger partial charge in [0.05, 0.1) is 17.9 Å². The number of hydrogen-bond donors (Lipinski definition) is 2. The van der Waals surface area contributed by atoms with Crippen molar-refractivity contribution in [2.45, 2.75) is 26.3 Å². The van der Waals surface area contributed by atoms with Gasteiger partial charge in [-0.2, -0.15) is 5.10 Å². The van der Waals surface area contributed by atoms with Crippen molar-refractivity contribution in [2.24, 2.45) is 5.92 Å². The van der Waals surface area contributed by atoms with E-state index >= 15 is 0 Å². The molecule has 0 aromatic carbocycles. The molecule has 0 spiro atoms. The van der Waals surface area contributed by atoms with Crippen LogP contribution in [0.15, 0.2) is 11.0 Å². The Hall–Kier alpha value is -1.07. The van der Waals surface area contributed by atoms with Crippen LogP contribution in [0, 0.1) is 5.92 Å². The third-order valence-corrected chi connectivity index (χ3v) is 3.54. The molecule has 0 bridgehead atoms. The number of rotatable bonds is 4. The molecule has 100 valence electrons. The SMILES string of the molecule is CC(C)n1ncc(NCC2CCNC2)c(Cl)c1=O. The van der Waals surface area contributed by atoms with Crippen LogP contribution in [-0.2, 0) is 0 Å². The van der Waals surface area contributed by atoms with Crippen molar-refractivity contribution in [3.8, 4) is 0 Å². The van der Waals surface area contributed by atoms with Gasteiger partial charge in [-0.25, -0.2) is 4.68 Å². The van der Waals surface area contributed by atoms with E-state index in [9.17, 15) is 4.79 Å². The number of halogens is 1. The lowest BCUT2D eigenvalue weighted by molar-refractivity contribution is 0.503. The summed E-state index contributed by atoms with van der Waals surface area (Å²) in [5, 5.41) is 10.9. The molecule has 18 heavy (non-hydrogen) atoms. The monoisotopic (exact) mass is 270 g/mol. The summed E-state index contributed by atoms with van der Waals surface area (Å²) < 4.78 is 1.39. The molecule has 1 saturated heterocycles. The van der Waals surface area contributed by atoms with Crippen molar-refractivity contribution in [3.63, 3.8) is 0 Å². The maximum Gasteiger partial charge on any atom is 0.287 e. The maximum absolute atomic E-state index is 11.9. The van der Waals surface area contributed by atoms with Gasteiger partial charge in [0.25, 0.3) is 5.56 Å². The third kappa shape index (κ3) is 2.84. The molecule has 1 unspecified atom stereocenters. The van der Waals surface area contributed by atoms with E-state index in [4.69, 9.17) is 11.6 Å². The van der Waals surface area contributed by atoms with Crippen LogP contribution in [0.3, 0.4) is 0 Å². The van der Waals surface area contributed by atoms with Gasteiger partial charge in [-0.05, 0) is 39.3 Å². The topological polar surface area (TPSA) is 59.0 Å². The number of nitrogens with one attached hydrogen (secondary N) is 2. The third-order valence-electron chi connectivity index (χ3n) is 3.18. The Morgan fingerprint density at radius 2 is 2.44 bits per heavy atom. The fourth-order valence-electron chi connectivity index (χ4n) is 2.08. The van der Waals surface area contributed by atoms with Crippen LogP contribution in [0.5, 0.6) is 0 Å². The predicted molar refractivity (Wildman–Crippen MR) is 73.4 cm³/mol. The molecule has 1 aromatic rings. The summed E-state index contributed by atoms with van der Waals surface area (Å²) in [6.45, 7) is 6.71. The van der Waals surface area contributed by atoms with E-state index in [1.807, 2.05) is 13.8 Å². The Balaban J connectivity index is 2.09. The summed E-state index contributed by atoms with van der Waals surface area (Å²) in [6, 6.07) is 0.0167. The Morgan fingerprint density at radius 3 is 3.06 bits per heavy atom. The zero-order valence-corrected chi connectivity index (χ0v) is 11.5. The van der Waals surface area contributed by atoms with Gasteiger partial charge in [-0.1, -0.05) is 11.6 Å². The first-order valence-corrected chi connectivity index (χ1v) is 6.69. The van der Waals surface area contributed by atoms with Gasteiger partial charge in [-0.3, -0.25) is 4.79 Å². The van der Waals surface area contributed by atoms with E-state index in [2.05, 4.69) is 15.7 Å². The molecular formula is C12H19ClN4O. The van der Waals surface area contributed by atoms with E-state index in [-0.39, 0.29) is 16.6 Å². The summed E-state index contributed by atoms with van der Waals surface area (Å²) in [6.07, 6.45) is 2.78. The summed E-state index contributed by atoms with van der Waals surface area (Å²) in [7, 11) is 0. The lowest BCUT2D eigenvalue weighted by Gasteiger charge is -2.14. The quantitative estimate of drug-likeness (QED) is 0.871. The maximum atomic E-state index is 11.9. The van der Waals surface area contributed by atoms with Gasteiger partial charge >= 0.3 is 0 Å². The molecule has 2 heterocycles. The van der Waals surface area contributed by atoms with E-state index in [1.165, 1.54) is 4.68 Å². The van der Waals surface area contributed by atoms with Gasteiger partial charge in [0.2, 0.25) is 0 Å². The van der Waals surface area contributed by atoms with Gasteiger partial charge in [0, 0.05) is 6.54 Å². The number of hydrogen-bond acceptors (Lipinski definition) is 4. The highest BCUT2D eigenvalue weighted by Crippen LogP contribution is 2.18. The first-order valence-electron chi connectivity index (χ1n) is 6.31. The summed E-state index contributed by atoms with van der Waals surface area (Å²) in [5.41, 5.74) is 0.395. The molecule has 0 amide bonds. The van der Waals surface area contributed by atoms with Crippen molar-refractivity contribution >= 4 is 17.3 Å². The standard InChI is InChI=1S/C12H19ClN4O/c1-8(2)17-12(18)11(13)10(7-16-17)15-6-9-3-4-14-5-9/h7-9,14-15H,3-6H2,1-2H3. The Kier molecular flexibility index (Phi) is 4.24. The Bertz CT molecular complexity index is 466. The minimum Gasteiger partial charge on any atom is -0.382 e. The zero-order valence-electron chi connectivity index (χ0n) is 10.7. The summed E-state index contributed by atoms with van der Waals surface area (Å²) in [4.78, 5) is 11.9. The van der Waals surface area contributed by atoms with E-state index < -0.39 is 0 Å². The fourth-order valence-corrected chi connectivity index (χ4v) is 2.28. The molecule has 1 atom stereocenters. The average Bonchev–Trinajstić information content (AvgIpc) is 2.83. The molecule has 0 aliphatic carbocycles. The second kappa shape index (κ2) is 5.71. The molecule has 1 aliphatic heterocycles. The van der Waals surface area contributed by atoms with E-state index in [0.717, 1.165) is 26.1 Å². The molecule has 2 rings (SSSR count). The molecule has 1 aliphatic rings. The molecule has 0 saturated carbocycles. The molecule has 5 nitrogen and oxygen atoms in total. The van der Waals surface area contributed by atoms with Crippen LogP contribution in [0.2, 0.25) is 5.02 Å². The zero-order chi connectivity index (χ0) is 13.1. The van der Waals surface area contributed by atoms with Crippen molar-refractivity contribution < 1.29 is 0 Å². The highest BCUT2D eigenvalue weighted by Gasteiger charge is 2.16. The first kappa shape index (κ1) is 13.4. The number of nitrogens with zero attached hydrogens (tertiary/aromatic N) is 2. The summed E-state index contributed by atoms with van der Waals surface area (Å²) >= 11 is 6.08. The van der Waals surface area contributed by atoms with Crippen LogP contribution in [0.25, 0.3) is 0 Å². The van der Waals surface area contributed by atoms with Crippen LogP contribution in [0.1, 0.15) is 26.3 Å². The van der Waals surface area contributed by atoms with Gasteiger partial charge in [0.1, 0.15) is 5.02 Å². The Morgan fingerprint density at radius 1 is 1.67 bits per heavy atom. The van der Waals surface area contributed by atoms with Crippen molar-refractivity contribution in [1.82, 2.24) is 15.1 Å².